The van der Waals surface area contributed by atoms with Gasteiger partial charge in [-0.05, 0) is 50.7 Å². The second kappa shape index (κ2) is 11.2. The number of aromatic nitrogens is 1. The molecular weight excluding hydrogens is 512 g/mol. The molecule has 2 unspecified atom stereocenters. The molecule has 0 aliphatic carbocycles. The maximum atomic E-state index is 13.4. The van der Waals surface area contributed by atoms with Crippen LogP contribution in [0.25, 0.3) is 10.9 Å². The van der Waals surface area contributed by atoms with Crippen LogP contribution in [-0.2, 0) is 19.1 Å². The Hall–Kier alpha value is -3.27. The first kappa shape index (κ1) is 29.3. The van der Waals surface area contributed by atoms with Crippen LogP contribution in [0.2, 0.25) is 5.02 Å². The van der Waals surface area contributed by atoms with Crippen LogP contribution in [0, 0.1) is 11.3 Å². The zero-order chi connectivity index (χ0) is 28.4. The van der Waals surface area contributed by atoms with Crippen molar-refractivity contribution >= 4 is 46.2 Å². The molecule has 0 spiro atoms. The van der Waals surface area contributed by atoms with E-state index in [1.807, 2.05) is 34.6 Å². The van der Waals surface area contributed by atoms with E-state index in [0.29, 0.717) is 34.5 Å². The van der Waals surface area contributed by atoms with Crippen molar-refractivity contribution in [3.63, 3.8) is 0 Å². The van der Waals surface area contributed by atoms with Gasteiger partial charge in [0.05, 0.1) is 24.8 Å². The minimum absolute atomic E-state index is 0.0895. The van der Waals surface area contributed by atoms with Crippen LogP contribution in [0.1, 0.15) is 64.4 Å². The van der Waals surface area contributed by atoms with E-state index in [0.717, 1.165) is 0 Å². The van der Waals surface area contributed by atoms with Gasteiger partial charge in [0.2, 0.25) is 11.8 Å². The lowest BCUT2D eigenvalue weighted by Gasteiger charge is -2.28. The molecule has 208 valence electrons. The molecular formula is C27H37ClN4O6. The lowest BCUT2D eigenvalue weighted by atomic mass is 9.87. The van der Waals surface area contributed by atoms with E-state index in [1.165, 1.54) is 14.2 Å². The van der Waals surface area contributed by atoms with E-state index in [2.05, 4.69) is 20.9 Å². The molecule has 1 aromatic heterocycles. The zero-order valence-corrected chi connectivity index (χ0v) is 23.7. The summed E-state index contributed by atoms with van der Waals surface area (Å²) in [6.07, 6.45) is 0.904. The van der Waals surface area contributed by atoms with Crippen LogP contribution in [0.5, 0.6) is 5.75 Å². The number of aromatic amines is 1. The molecule has 3 amide bonds. The molecule has 0 bridgehead atoms. The maximum absolute atomic E-state index is 13.4. The Morgan fingerprint density at radius 1 is 1.13 bits per heavy atom. The third-order valence-electron chi connectivity index (χ3n) is 6.48. The van der Waals surface area contributed by atoms with Gasteiger partial charge in [-0.25, -0.2) is 4.79 Å². The highest BCUT2D eigenvalue weighted by molar-refractivity contribution is 6.35. The molecule has 3 atom stereocenters. The number of ether oxygens (including phenoxy) is 2. The van der Waals surface area contributed by atoms with Crippen molar-refractivity contribution in [3.05, 3.63) is 28.9 Å². The zero-order valence-electron chi connectivity index (χ0n) is 22.9. The Labute approximate surface area is 227 Å². The summed E-state index contributed by atoms with van der Waals surface area (Å²) in [6.45, 7) is 9.63. The number of hydrogen-bond acceptors (Lipinski definition) is 6. The highest BCUT2D eigenvalue weighted by Gasteiger charge is 2.40. The van der Waals surface area contributed by atoms with Crippen molar-refractivity contribution in [1.29, 1.82) is 0 Å². The topological polar surface area (TPSA) is 139 Å². The SMILES string of the molecule is COC(=O)C(C[C@@H]1CC(C)(C)NC1=O)NC(=O)C(CC(C)(C)C)NC(=O)c1cc2cc(OC)cc(Cl)c2[nH]1. The van der Waals surface area contributed by atoms with E-state index < -0.39 is 41.3 Å². The van der Waals surface area contributed by atoms with Crippen molar-refractivity contribution in [2.24, 2.45) is 11.3 Å². The highest BCUT2D eigenvalue weighted by atomic mass is 35.5. The molecule has 1 saturated heterocycles. The molecule has 11 heteroatoms. The summed E-state index contributed by atoms with van der Waals surface area (Å²) in [5.74, 6) is -1.79. The number of carbonyl (C=O) groups is 4. The lowest BCUT2D eigenvalue weighted by molar-refractivity contribution is -0.146. The molecule has 38 heavy (non-hydrogen) atoms. The van der Waals surface area contributed by atoms with E-state index in [1.54, 1.807) is 18.2 Å². The fraction of sp³-hybridized carbons (Fsp3) is 0.556. The van der Waals surface area contributed by atoms with Gasteiger partial charge in [-0.3, -0.25) is 14.4 Å². The van der Waals surface area contributed by atoms with E-state index in [4.69, 9.17) is 21.1 Å². The molecule has 2 aromatic rings. The average Bonchev–Trinajstić information content (AvgIpc) is 3.36. The summed E-state index contributed by atoms with van der Waals surface area (Å²) >= 11 is 6.32. The van der Waals surface area contributed by atoms with Gasteiger partial charge in [0, 0.05) is 22.9 Å². The Kier molecular flexibility index (Phi) is 8.65. The molecule has 4 N–H and O–H groups in total. The fourth-order valence-electron chi connectivity index (χ4n) is 4.77. The molecule has 2 heterocycles. The third-order valence-corrected chi connectivity index (χ3v) is 6.78. The molecule has 1 aliphatic rings. The van der Waals surface area contributed by atoms with Crippen molar-refractivity contribution in [1.82, 2.24) is 20.9 Å². The van der Waals surface area contributed by atoms with Gasteiger partial charge in [0.1, 0.15) is 23.5 Å². The first-order valence-electron chi connectivity index (χ1n) is 12.5. The summed E-state index contributed by atoms with van der Waals surface area (Å²) in [5, 5.41) is 9.47. The molecule has 1 aromatic carbocycles. The summed E-state index contributed by atoms with van der Waals surface area (Å²) in [7, 11) is 2.75. The van der Waals surface area contributed by atoms with Gasteiger partial charge >= 0.3 is 5.97 Å². The Morgan fingerprint density at radius 2 is 1.82 bits per heavy atom. The van der Waals surface area contributed by atoms with Crippen molar-refractivity contribution in [2.75, 3.05) is 14.2 Å². The van der Waals surface area contributed by atoms with Gasteiger partial charge in [-0.1, -0.05) is 32.4 Å². The number of halogens is 1. The van der Waals surface area contributed by atoms with Gasteiger partial charge < -0.3 is 30.4 Å². The standard InChI is InChI=1S/C27H37ClN4O6/c1-26(2,3)13-20(31-23(34)18-9-14-8-16(37-6)11-17(28)21(14)29-18)24(35)30-19(25(36)38-7)10-15-12-27(4,5)32-22(15)33/h8-9,11,15,19-20,29H,10,12-13H2,1-7H3,(H,30,35)(H,31,34)(H,32,33)/t15-,19?,20?/m1/s1. The van der Waals surface area contributed by atoms with Gasteiger partial charge in [-0.15, -0.1) is 0 Å². The van der Waals surface area contributed by atoms with Crippen LogP contribution in [0.3, 0.4) is 0 Å². The fourth-order valence-corrected chi connectivity index (χ4v) is 5.03. The quantitative estimate of drug-likeness (QED) is 0.355. The predicted octanol–water partition coefficient (Wildman–Crippen LogP) is 3.33. The summed E-state index contributed by atoms with van der Waals surface area (Å²) in [6, 6.07) is 3.00. The summed E-state index contributed by atoms with van der Waals surface area (Å²) in [5.41, 5.74) is 0.0544. The maximum Gasteiger partial charge on any atom is 0.328 e. The number of hydrogen-bond donors (Lipinski definition) is 4. The number of H-pyrrole nitrogens is 1. The average molecular weight is 549 g/mol. The lowest BCUT2D eigenvalue weighted by Crippen LogP contribution is -2.53. The molecule has 0 saturated carbocycles. The molecule has 1 aliphatic heterocycles. The highest BCUT2D eigenvalue weighted by Crippen LogP contribution is 2.30. The summed E-state index contributed by atoms with van der Waals surface area (Å²) in [4.78, 5) is 54.6. The number of methoxy groups -OCH3 is 2. The predicted molar refractivity (Wildman–Crippen MR) is 144 cm³/mol. The first-order valence-corrected chi connectivity index (χ1v) is 12.9. The Bertz CT molecular complexity index is 1230. The number of carbonyl (C=O) groups excluding carboxylic acids is 4. The number of benzene rings is 1. The largest absolute Gasteiger partial charge is 0.497 e. The van der Waals surface area contributed by atoms with Crippen molar-refractivity contribution in [3.8, 4) is 5.75 Å². The Morgan fingerprint density at radius 3 is 2.37 bits per heavy atom. The molecule has 0 radical (unpaired) electrons. The van der Waals surface area contributed by atoms with Crippen LogP contribution in [-0.4, -0.2) is 60.5 Å². The van der Waals surface area contributed by atoms with Crippen LogP contribution < -0.4 is 20.7 Å². The summed E-state index contributed by atoms with van der Waals surface area (Å²) < 4.78 is 10.1. The number of amides is 3. The molecule has 10 nitrogen and oxygen atoms in total. The molecule has 3 rings (SSSR count). The third kappa shape index (κ3) is 7.18. The Balaban J connectivity index is 1.81. The number of esters is 1. The van der Waals surface area contributed by atoms with Crippen molar-refractivity contribution in [2.45, 2.75) is 71.5 Å². The van der Waals surface area contributed by atoms with Crippen LogP contribution in [0.4, 0.5) is 0 Å². The monoisotopic (exact) mass is 548 g/mol. The van der Waals surface area contributed by atoms with Crippen LogP contribution in [0.15, 0.2) is 18.2 Å². The van der Waals surface area contributed by atoms with Crippen LogP contribution >= 0.6 is 11.6 Å². The second-order valence-electron chi connectivity index (χ2n) is 11.6. The number of nitrogens with one attached hydrogen (secondary N) is 4. The molecule has 1 fully saturated rings. The normalized spacial score (nSPS) is 18.4. The second-order valence-corrected chi connectivity index (χ2v) is 12.0. The minimum atomic E-state index is -1.05. The number of fused-ring (bicyclic) bond motifs is 1. The van der Waals surface area contributed by atoms with E-state index in [-0.39, 0.29) is 23.4 Å². The van der Waals surface area contributed by atoms with E-state index in [9.17, 15) is 19.2 Å². The van der Waals surface area contributed by atoms with Gasteiger partial charge in [0.15, 0.2) is 0 Å². The van der Waals surface area contributed by atoms with Gasteiger partial charge in [-0.2, -0.15) is 0 Å². The smallest absolute Gasteiger partial charge is 0.328 e. The van der Waals surface area contributed by atoms with Gasteiger partial charge in [0.25, 0.3) is 5.91 Å². The minimum Gasteiger partial charge on any atom is -0.497 e. The van der Waals surface area contributed by atoms with E-state index >= 15 is 0 Å². The van der Waals surface area contributed by atoms with Crippen molar-refractivity contribution < 1.29 is 28.7 Å². The first-order chi connectivity index (χ1) is 17.6. The number of rotatable bonds is 9.